The van der Waals surface area contributed by atoms with Crippen LogP contribution in [0.15, 0.2) is 48.5 Å². The lowest BCUT2D eigenvalue weighted by Crippen LogP contribution is -2.14. The topological polar surface area (TPSA) is 69.7 Å². The van der Waals surface area contributed by atoms with Crippen LogP contribution in [0.1, 0.15) is 15.9 Å². The standard InChI is InChI=1S/C15H13FO5S/c1-20-15(17)13-4-2-3-5-14(13)21-22(18,19)10-11-6-8-12(16)9-7-11/h2-9H,10H2,1H3. The van der Waals surface area contributed by atoms with Crippen molar-refractivity contribution in [1.29, 1.82) is 0 Å². The third kappa shape index (κ3) is 4.05. The molecular weight excluding hydrogens is 311 g/mol. The number of para-hydroxylation sites is 1. The Morgan fingerprint density at radius 3 is 2.36 bits per heavy atom. The minimum absolute atomic E-state index is 0.00711. The summed E-state index contributed by atoms with van der Waals surface area (Å²) < 4.78 is 46.4. The molecule has 0 saturated heterocycles. The van der Waals surface area contributed by atoms with E-state index in [1.807, 2.05) is 0 Å². The van der Waals surface area contributed by atoms with Crippen molar-refractivity contribution in [1.82, 2.24) is 0 Å². The van der Waals surface area contributed by atoms with E-state index in [2.05, 4.69) is 4.74 Å². The van der Waals surface area contributed by atoms with Crippen LogP contribution in [-0.2, 0) is 20.6 Å². The molecule has 0 spiro atoms. The maximum atomic E-state index is 12.8. The maximum absolute atomic E-state index is 12.8. The van der Waals surface area contributed by atoms with Crippen LogP contribution in [0.3, 0.4) is 0 Å². The second kappa shape index (κ2) is 6.57. The second-order valence-corrected chi connectivity index (χ2v) is 5.97. The van der Waals surface area contributed by atoms with Gasteiger partial charge in [-0.3, -0.25) is 0 Å². The molecule has 2 aromatic rings. The molecule has 0 unspecified atom stereocenters. The predicted molar refractivity (Wildman–Crippen MR) is 77.4 cm³/mol. The van der Waals surface area contributed by atoms with E-state index in [4.69, 9.17) is 4.18 Å². The Balaban J connectivity index is 2.22. The normalized spacial score (nSPS) is 11.0. The van der Waals surface area contributed by atoms with Gasteiger partial charge in [-0.15, -0.1) is 0 Å². The molecule has 7 heteroatoms. The molecule has 0 N–H and O–H groups in total. The Morgan fingerprint density at radius 2 is 1.73 bits per heavy atom. The second-order valence-electron chi connectivity index (χ2n) is 4.40. The third-order valence-electron chi connectivity index (χ3n) is 2.77. The molecule has 0 aliphatic rings. The molecule has 0 atom stereocenters. The summed E-state index contributed by atoms with van der Waals surface area (Å²) in [5.41, 5.74) is 0.379. The lowest BCUT2D eigenvalue weighted by Gasteiger charge is -2.10. The molecule has 22 heavy (non-hydrogen) atoms. The number of carbonyl (C=O) groups is 1. The fraction of sp³-hybridized carbons (Fsp3) is 0.133. The summed E-state index contributed by atoms with van der Waals surface area (Å²) in [6.45, 7) is 0. The zero-order valence-electron chi connectivity index (χ0n) is 11.7. The summed E-state index contributed by atoms with van der Waals surface area (Å²) in [7, 11) is -2.81. The van der Waals surface area contributed by atoms with Gasteiger partial charge in [0.2, 0.25) is 0 Å². The monoisotopic (exact) mass is 324 g/mol. The van der Waals surface area contributed by atoms with Gasteiger partial charge in [-0.2, -0.15) is 8.42 Å². The van der Waals surface area contributed by atoms with Gasteiger partial charge in [0, 0.05) is 0 Å². The van der Waals surface area contributed by atoms with Crippen molar-refractivity contribution in [2.45, 2.75) is 5.75 Å². The highest BCUT2D eigenvalue weighted by Gasteiger charge is 2.19. The summed E-state index contributed by atoms with van der Waals surface area (Å²) in [6, 6.07) is 10.9. The molecule has 2 rings (SSSR count). The summed E-state index contributed by atoms with van der Waals surface area (Å²) >= 11 is 0. The molecular formula is C15H13FO5S. The van der Waals surface area contributed by atoms with Crippen LogP contribution in [0, 0.1) is 5.82 Å². The summed E-state index contributed by atoms with van der Waals surface area (Å²) in [4.78, 5) is 11.6. The number of esters is 1. The molecule has 5 nitrogen and oxygen atoms in total. The Morgan fingerprint density at radius 1 is 1.09 bits per heavy atom. The molecule has 0 amide bonds. The number of rotatable bonds is 5. The molecule has 0 saturated carbocycles. The van der Waals surface area contributed by atoms with Crippen LogP contribution in [0.5, 0.6) is 5.75 Å². The SMILES string of the molecule is COC(=O)c1ccccc1OS(=O)(=O)Cc1ccc(F)cc1. The van der Waals surface area contributed by atoms with Crippen LogP contribution in [0.4, 0.5) is 4.39 Å². The number of ether oxygens (including phenoxy) is 1. The number of halogens is 1. The smallest absolute Gasteiger partial charge is 0.341 e. The van der Waals surface area contributed by atoms with Crippen LogP contribution < -0.4 is 4.18 Å². The molecule has 0 radical (unpaired) electrons. The predicted octanol–water partition coefficient (Wildman–Crippen LogP) is 2.52. The first-order chi connectivity index (χ1) is 10.4. The number of hydrogen-bond donors (Lipinski definition) is 0. The van der Waals surface area contributed by atoms with Crippen molar-refractivity contribution in [3.05, 3.63) is 65.5 Å². The third-order valence-corrected chi connectivity index (χ3v) is 3.89. The van der Waals surface area contributed by atoms with Crippen molar-refractivity contribution in [2.75, 3.05) is 7.11 Å². The molecule has 0 bridgehead atoms. The molecule has 0 aromatic heterocycles. The van der Waals surface area contributed by atoms with Crippen LogP contribution in [0.25, 0.3) is 0 Å². The van der Waals surface area contributed by atoms with Crippen LogP contribution >= 0.6 is 0 Å². The van der Waals surface area contributed by atoms with Gasteiger partial charge in [-0.25, -0.2) is 9.18 Å². The molecule has 2 aromatic carbocycles. The average molecular weight is 324 g/mol. The van der Waals surface area contributed by atoms with Gasteiger partial charge < -0.3 is 8.92 Å². The van der Waals surface area contributed by atoms with E-state index in [1.165, 1.54) is 37.4 Å². The molecule has 0 aliphatic heterocycles. The van der Waals surface area contributed by atoms with Gasteiger partial charge in [0.1, 0.15) is 17.1 Å². The quantitative estimate of drug-likeness (QED) is 0.624. The lowest BCUT2D eigenvalue weighted by atomic mass is 10.2. The van der Waals surface area contributed by atoms with Gasteiger partial charge in [0.25, 0.3) is 0 Å². The summed E-state index contributed by atoms with van der Waals surface area (Å²) in [5.74, 6) is -1.72. The van der Waals surface area contributed by atoms with E-state index in [0.29, 0.717) is 5.56 Å². The van der Waals surface area contributed by atoms with E-state index in [1.54, 1.807) is 6.07 Å². The van der Waals surface area contributed by atoms with Crippen LogP contribution in [0.2, 0.25) is 0 Å². The Bertz CT molecular complexity index is 769. The first-order valence-electron chi connectivity index (χ1n) is 6.25. The summed E-state index contributed by atoms with van der Waals surface area (Å²) in [6.07, 6.45) is 0. The van der Waals surface area contributed by atoms with E-state index in [0.717, 1.165) is 12.1 Å². The van der Waals surface area contributed by atoms with Gasteiger partial charge in [-0.05, 0) is 29.8 Å². The Kier molecular flexibility index (Phi) is 4.77. The van der Waals surface area contributed by atoms with E-state index in [-0.39, 0.29) is 11.3 Å². The molecule has 0 fully saturated rings. The highest BCUT2D eigenvalue weighted by molar-refractivity contribution is 7.86. The fourth-order valence-electron chi connectivity index (χ4n) is 1.77. The van der Waals surface area contributed by atoms with Gasteiger partial charge in [0.15, 0.2) is 5.75 Å². The van der Waals surface area contributed by atoms with Crippen molar-refractivity contribution in [3.63, 3.8) is 0 Å². The number of hydrogen-bond acceptors (Lipinski definition) is 5. The van der Waals surface area contributed by atoms with Crippen molar-refractivity contribution < 1.29 is 26.5 Å². The van der Waals surface area contributed by atoms with Gasteiger partial charge in [-0.1, -0.05) is 24.3 Å². The molecule has 116 valence electrons. The maximum Gasteiger partial charge on any atom is 0.341 e. The Hall–Kier alpha value is -2.41. The minimum atomic E-state index is -3.99. The van der Waals surface area contributed by atoms with Crippen molar-refractivity contribution in [2.24, 2.45) is 0 Å². The zero-order valence-corrected chi connectivity index (χ0v) is 12.5. The Labute approximate surface area is 127 Å². The highest BCUT2D eigenvalue weighted by atomic mass is 32.2. The minimum Gasteiger partial charge on any atom is -0.465 e. The highest BCUT2D eigenvalue weighted by Crippen LogP contribution is 2.22. The lowest BCUT2D eigenvalue weighted by molar-refractivity contribution is 0.0599. The van der Waals surface area contributed by atoms with E-state index in [9.17, 15) is 17.6 Å². The fourth-order valence-corrected chi connectivity index (χ4v) is 2.85. The largest absolute Gasteiger partial charge is 0.465 e. The van der Waals surface area contributed by atoms with E-state index >= 15 is 0 Å². The number of carbonyl (C=O) groups excluding carboxylic acids is 1. The first-order valence-corrected chi connectivity index (χ1v) is 7.83. The van der Waals surface area contributed by atoms with Crippen molar-refractivity contribution in [3.8, 4) is 5.75 Å². The number of methoxy groups -OCH3 is 1. The number of benzene rings is 2. The first kappa shape index (κ1) is 16.0. The van der Waals surface area contributed by atoms with Crippen molar-refractivity contribution >= 4 is 16.1 Å². The average Bonchev–Trinajstić information content (AvgIpc) is 2.49. The summed E-state index contributed by atoms with van der Waals surface area (Å²) in [5, 5.41) is 0. The van der Waals surface area contributed by atoms with E-state index < -0.39 is 27.7 Å². The van der Waals surface area contributed by atoms with Crippen LogP contribution in [-0.4, -0.2) is 21.5 Å². The van der Waals surface area contributed by atoms with Gasteiger partial charge in [0.05, 0.1) is 7.11 Å². The zero-order chi connectivity index (χ0) is 16.2. The molecule has 0 heterocycles. The molecule has 0 aliphatic carbocycles. The van der Waals surface area contributed by atoms with Gasteiger partial charge >= 0.3 is 16.1 Å².